The molecule has 2 fully saturated rings. The standard InChI is InChI=1S/C25H31FN6O/c1-2-23(33)32-10-3-4-21(16-32)28-24-22(26)13-27-25(30-24)29-20-8-7-18-9-11-31(14-17-5-6-17)15-19(18)12-20/h2,7-8,12-13,17,21H,1,3-6,9-11,14-16H2,(H2,27,28,29,30). The molecule has 3 heterocycles. The molecule has 0 spiro atoms. The number of fused-ring (bicyclic) bond motifs is 1. The molecule has 1 unspecified atom stereocenters. The van der Waals surface area contributed by atoms with E-state index in [4.69, 9.17) is 0 Å². The van der Waals surface area contributed by atoms with Crippen molar-refractivity contribution in [2.45, 2.75) is 44.7 Å². The second-order valence-corrected chi connectivity index (χ2v) is 9.40. The summed E-state index contributed by atoms with van der Waals surface area (Å²) in [6, 6.07) is 6.30. The number of amides is 1. The van der Waals surface area contributed by atoms with Gasteiger partial charge in [0.05, 0.1) is 6.20 Å². The van der Waals surface area contributed by atoms with E-state index in [1.807, 2.05) is 6.07 Å². The van der Waals surface area contributed by atoms with Gasteiger partial charge in [0, 0.05) is 44.5 Å². The second kappa shape index (κ2) is 9.47. The average molecular weight is 451 g/mol. The molecule has 7 nitrogen and oxygen atoms in total. The van der Waals surface area contributed by atoms with Gasteiger partial charge in [0.15, 0.2) is 11.6 Å². The highest BCUT2D eigenvalue weighted by Crippen LogP contribution is 2.32. The van der Waals surface area contributed by atoms with Gasteiger partial charge in [0.2, 0.25) is 11.9 Å². The summed E-state index contributed by atoms with van der Waals surface area (Å²) in [5.41, 5.74) is 3.63. The summed E-state index contributed by atoms with van der Waals surface area (Å²) in [5.74, 6) is 0.778. The first kappa shape index (κ1) is 21.8. The SMILES string of the molecule is C=CC(=O)N1CCCC(Nc2nc(Nc3ccc4c(c3)CN(CC3CC3)CC4)ncc2F)C1. The van der Waals surface area contributed by atoms with E-state index in [9.17, 15) is 9.18 Å². The number of likely N-dealkylation sites (tertiary alicyclic amines) is 1. The van der Waals surface area contributed by atoms with Gasteiger partial charge < -0.3 is 15.5 Å². The molecule has 1 atom stereocenters. The Hall–Kier alpha value is -3.00. The van der Waals surface area contributed by atoms with Crippen LogP contribution in [0.4, 0.5) is 21.8 Å². The Morgan fingerprint density at radius 1 is 1.24 bits per heavy atom. The molecule has 1 amide bonds. The summed E-state index contributed by atoms with van der Waals surface area (Å²) in [6.07, 6.45) is 8.01. The first-order valence-corrected chi connectivity index (χ1v) is 11.9. The molecular weight excluding hydrogens is 419 g/mol. The van der Waals surface area contributed by atoms with E-state index in [0.29, 0.717) is 19.0 Å². The van der Waals surface area contributed by atoms with Crippen molar-refractivity contribution < 1.29 is 9.18 Å². The minimum Gasteiger partial charge on any atom is -0.363 e. The molecule has 2 N–H and O–H groups in total. The summed E-state index contributed by atoms with van der Waals surface area (Å²) < 4.78 is 14.4. The lowest BCUT2D eigenvalue weighted by Gasteiger charge is -2.32. The van der Waals surface area contributed by atoms with Crippen molar-refractivity contribution in [3.63, 3.8) is 0 Å². The Bertz CT molecular complexity index is 1040. The molecule has 3 aliphatic rings. The van der Waals surface area contributed by atoms with E-state index in [2.05, 4.69) is 44.2 Å². The van der Waals surface area contributed by atoms with Crippen LogP contribution in [0, 0.1) is 11.7 Å². The number of halogens is 1. The fourth-order valence-corrected chi connectivity index (χ4v) is 4.79. The minimum atomic E-state index is -0.506. The molecule has 1 saturated carbocycles. The normalized spacial score (nSPS) is 20.8. The molecule has 0 radical (unpaired) electrons. The molecule has 8 heteroatoms. The molecule has 2 aliphatic heterocycles. The number of nitrogens with one attached hydrogen (secondary N) is 2. The number of benzene rings is 1. The average Bonchev–Trinajstić information content (AvgIpc) is 3.65. The summed E-state index contributed by atoms with van der Waals surface area (Å²) >= 11 is 0. The first-order chi connectivity index (χ1) is 16.1. The lowest BCUT2D eigenvalue weighted by atomic mass is 9.99. The van der Waals surface area contributed by atoms with Crippen LogP contribution in [-0.2, 0) is 17.8 Å². The van der Waals surface area contributed by atoms with Crippen molar-refractivity contribution in [1.29, 1.82) is 0 Å². The monoisotopic (exact) mass is 450 g/mol. The van der Waals surface area contributed by atoms with Crippen LogP contribution in [-0.4, -0.2) is 57.9 Å². The van der Waals surface area contributed by atoms with Gasteiger partial charge in [-0.2, -0.15) is 4.98 Å². The molecule has 1 saturated heterocycles. The van der Waals surface area contributed by atoms with Crippen molar-refractivity contribution in [3.05, 3.63) is 54.0 Å². The number of carbonyl (C=O) groups is 1. The Labute approximate surface area is 194 Å². The Morgan fingerprint density at radius 2 is 2.12 bits per heavy atom. The first-order valence-electron chi connectivity index (χ1n) is 11.9. The van der Waals surface area contributed by atoms with Gasteiger partial charge in [-0.05, 0) is 67.4 Å². The van der Waals surface area contributed by atoms with Gasteiger partial charge in [-0.1, -0.05) is 12.6 Å². The number of nitrogens with zero attached hydrogens (tertiary/aromatic N) is 4. The fraction of sp³-hybridized carbons (Fsp3) is 0.480. The molecule has 2 aromatic rings. The number of piperidine rings is 1. The van der Waals surface area contributed by atoms with Gasteiger partial charge in [-0.3, -0.25) is 9.69 Å². The lowest BCUT2D eigenvalue weighted by molar-refractivity contribution is -0.127. The maximum atomic E-state index is 14.4. The zero-order valence-electron chi connectivity index (χ0n) is 18.9. The molecule has 33 heavy (non-hydrogen) atoms. The maximum Gasteiger partial charge on any atom is 0.246 e. The molecule has 5 rings (SSSR count). The number of hydrogen-bond acceptors (Lipinski definition) is 6. The Morgan fingerprint density at radius 3 is 2.94 bits per heavy atom. The van der Waals surface area contributed by atoms with E-state index in [1.165, 1.54) is 42.8 Å². The maximum absolute atomic E-state index is 14.4. The van der Waals surface area contributed by atoms with E-state index in [1.54, 1.807) is 4.90 Å². The fourth-order valence-electron chi connectivity index (χ4n) is 4.79. The van der Waals surface area contributed by atoms with Gasteiger partial charge in [0.25, 0.3) is 0 Å². The highest BCUT2D eigenvalue weighted by Gasteiger charge is 2.26. The van der Waals surface area contributed by atoms with Crippen LogP contribution in [0.2, 0.25) is 0 Å². The largest absolute Gasteiger partial charge is 0.363 e. The predicted octanol–water partition coefficient (Wildman–Crippen LogP) is 3.72. The topological polar surface area (TPSA) is 73.4 Å². The number of rotatable bonds is 7. The van der Waals surface area contributed by atoms with Crippen LogP contribution < -0.4 is 10.6 Å². The van der Waals surface area contributed by atoms with Crippen molar-refractivity contribution >= 4 is 23.4 Å². The van der Waals surface area contributed by atoms with Crippen molar-refractivity contribution in [1.82, 2.24) is 19.8 Å². The van der Waals surface area contributed by atoms with Crippen molar-refractivity contribution in [3.8, 4) is 0 Å². The van der Waals surface area contributed by atoms with Crippen LogP contribution in [0.3, 0.4) is 0 Å². The van der Waals surface area contributed by atoms with Gasteiger partial charge in [0.1, 0.15) is 0 Å². The third-order valence-corrected chi connectivity index (χ3v) is 6.76. The third kappa shape index (κ3) is 5.33. The molecule has 1 aromatic heterocycles. The summed E-state index contributed by atoms with van der Waals surface area (Å²) in [5, 5.41) is 6.40. The highest BCUT2D eigenvalue weighted by molar-refractivity contribution is 5.87. The van der Waals surface area contributed by atoms with Gasteiger partial charge in [-0.25, -0.2) is 9.37 Å². The van der Waals surface area contributed by atoms with Crippen molar-refractivity contribution in [2.75, 3.05) is 36.8 Å². The number of carbonyl (C=O) groups excluding carboxylic acids is 1. The third-order valence-electron chi connectivity index (χ3n) is 6.76. The van der Waals surface area contributed by atoms with E-state index < -0.39 is 5.82 Å². The molecular formula is C25H31FN6O. The minimum absolute atomic E-state index is 0.0684. The Kier molecular flexibility index (Phi) is 6.26. The van der Waals surface area contributed by atoms with Crippen molar-refractivity contribution in [2.24, 2.45) is 5.92 Å². The van der Waals surface area contributed by atoms with Gasteiger partial charge >= 0.3 is 0 Å². The zero-order valence-corrected chi connectivity index (χ0v) is 18.9. The smallest absolute Gasteiger partial charge is 0.246 e. The van der Waals surface area contributed by atoms with Crippen LogP contribution >= 0.6 is 0 Å². The number of anilines is 3. The second-order valence-electron chi connectivity index (χ2n) is 9.40. The van der Waals surface area contributed by atoms with E-state index >= 15 is 0 Å². The van der Waals surface area contributed by atoms with Crippen LogP contribution in [0.5, 0.6) is 0 Å². The number of aromatic nitrogens is 2. The quantitative estimate of drug-likeness (QED) is 0.627. The van der Waals surface area contributed by atoms with Crippen LogP contribution in [0.25, 0.3) is 0 Å². The predicted molar refractivity (Wildman–Crippen MR) is 127 cm³/mol. The van der Waals surface area contributed by atoms with E-state index in [0.717, 1.165) is 44.0 Å². The summed E-state index contributed by atoms with van der Waals surface area (Å²) in [6.45, 7) is 8.04. The Balaban J connectivity index is 1.26. The molecule has 1 aromatic carbocycles. The van der Waals surface area contributed by atoms with E-state index in [-0.39, 0.29) is 17.8 Å². The van der Waals surface area contributed by atoms with Crippen LogP contribution in [0.1, 0.15) is 36.8 Å². The van der Waals surface area contributed by atoms with Gasteiger partial charge in [-0.15, -0.1) is 0 Å². The molecule has 1 aliphatic carbocycles. The lowest BCUT2D eigenvalue weighted by Crippen LogP contribution is -2.44. The molecule has 0 bridgehead atoms. The number of hydrogen-bond donors (Lipinski definition) is 2. The summed E-state index contributed by atoms with van der Waals surface area (Å²) in [7, 11) is 0. The molecule has 174 valence electrons. The summed E-state index contributed by atoms with van der Waals surface area (Å²) in [4.78, 5) is 24.7. The zero-order chi connectivity index (χ0) is 22.8. The van der Waals surface area contributed by atoms with Crippen LogP contribution in [0.15, 0.2) is 37.1 Å². The highest BCUT2D eigenvalue weighted by atomic mass is 19.1.